The molecular formula is C9H17NOS. The van der Waals surface area contributed by atoms with Crippen LogP contribution in [0, 0.1) is 0 Å². The van der Waals surface area contributed by atoms with Crippen molar-refractivity contribution in [2.75, 3.05) is 26.9 Å². The molecular weight excluding hydrogens is 170 g/mol. The first-order valence-corrected chi connectivity index (χ1v) is 5.24. The predicted octanol–water partition coefficient (Wildman–Crippen LogP) is 1.42. The lowest BCUT2D eigenvalue weighted by atomic mass is 10.3. The minimum atomic E-state index is 0.0865. The molecule has 0 aliphatic carbocycles. The van der Waals surface area contributed by atoms with E-state index in [2.05, 4.69) is 0 Å². The molecule has 0 bridgehead atoms. The van der Waals surface area contributed by atoms with E-state index in [1.54, 1.807) is 17.8 Å². The highest BCUT2D eigenvalue weighted by Crippen LogP contribution is 2.06. The normalized spacial score (nSPS) is 14.1. The van der Waals surface area contributed by atoms with E-state index in [-0.39, 0.29) is 11.0 Å². The Morgan fingerprint density at radius 2 is 2.17 bits per heavy atom. The highest BCUT2D eigenvalue weighted by atomic mass is 32.2. The molecule has 1 unspecified atom stereocenters. The number of carbonyl (C=O) groups is 1. The molecule has 0 aliphatic heterocycles. The molecule has 0 saturated carbocycles. The number of likely N-dealkylation sites (N-methyl/N-ethyl adjacent to an activating group) is 1. The van der Waals surface area contributed by atoms with Crippen molar-refractivity contribution in [3.63, 3.8) is 0 Å². The molecule has 0 aliphatic rings. The molecule has 70 valence electrons. The van der Waals surface area contributed by atoms with Crippen LogP contribution >= 0.6 is 11.8 Å². The van der Waals surface area contributed by atoms with E-state index in [9.17, 15) is 4.79 Å². The number of ketones is 1. The number of rotatable bonds is 5. The largest absolute Gasteiger partial charge is 0.306 e. The van der Waals surface area contributed by atoms with Crippen molar-refractivity contribution >= 4 is 17.5 Å². The fourth-order valence-corrected chi connectivity index (χ4v) is 0.942. The third kappa shape index (κ3) is 5.38. The summed E-state index contributed by atoms with van der Waals surface area (Å²) in [5.41, 5.74) is 0. The summed E-state index contributed by atoms with van der Waals surface area (Å²) >= 11 is 1.58. The molecule has 0 aromatic carbocycles. The Kier molecular flexibility index (Phi) is 6.11. The van der Waals surface area contributed by atoms with Gasteiger partial charge in [0.1, 0.15) is 0 Å². The Bertz CT molecular complexity index is 166. The van der Waals surface area contributed by atoms with Gasteiger partial charge in [0.15, 0.2) is 5.78 Å². The fraction of sp³-hybridized carbons (Fsp3) is 0.667. The lowest BCUT2D eigenvalue weighted by Gasteiger charge is -2.05. The molecule has 0 N–H and O–H groups in total. The molecule has 0 rings (SSSR count). The highest BCUT2D eigenvalue weighted by Gasteiger charge is 2.05. The van der Waals surface area contributed by atoms with Crippen molar-refractivity contribution in [2.24, 2.45) is 0 Å². The van der Waals surface area contributed by atoms with E-state index >= 15 is 0 Å². The average molecular weight is 187 g/mol. The maximum absolute atomic E-state index is 11.2. The minimum absolute atomic E-state index is 0.0865. The molecule has 0 fully saturated rings. The third-order valence-electron chi connectivity index (χ3n) is 1.51. The SMILES string of the molecule is CSC(C)C(=O)/C=C/CN(C)C. The summed E-state index contributed by atoms with van der Waals surface area (Å²) in [5.74, 6) is 0.198. The van der Waals surface area contributed by atoms with E-state index in [4.69, 9.17) is 0 Å². The molecule has 0 spiro atoms. The van der Waals surface area contributed by atoms with Gasteiger partial charge in [0.2, 0.25) is 0 Å². The van der Waals surface area contributed by atoms with Crippen LogP contribution in [0.15, 0.2) is 12.2 Å². The standard InChI is InChI=1S/C9H17NOS/c1-8(12-4)9(11)6-5-7-10(2)3/h5-6,8H,7H2,1-4H3/b6-5+. The maximum atomic E-state index is 11.2. The second-order valence-electron chi connectivity index (χ2n) is 2.94. The lowest BCUT2D eigenvalue weighted by Crippen LogP contribution is -2.13. The lowest BCUT2D eigenvalue weighted by molar-refractivity contribution is -0.113. The summed E-state index contributed by atoms with van der Waals surface area (Å²) in [6, 6.07) is 0. The van der Waals surface area contributed by atoms with Gasteiger partial charge in [0, 0.05) is 6.54 Å². The number of hydrogen-bond donors (Lipinski definition) is 0. The van der Waals surface area contributed by atoms with E-state index in [0.717, 1.165) is 6.54 Å². The Hall–Kier alpha value is -0.280. The predicted molar refractivity (Wildman–Crippen MR) is 55.7 cm³/mol. The highest BCUT2D eigenvalue weighted by molar-refractivity contribution is 7.99. The number of allylic oxidation sites excluding steroid dienone is 1. The number of carbonyl (C=O) groups excluding carboxylic acids is 1. The second-order valence-corrected chi connectivity index (χ2v) is 4.12. The summed E-state index contributed by atoms with van der Waals surface area (Å²) in [7, 11) is 3.96. The van der Waals surface area contributed by atoms with Crippen molar-refractivity contribution in [2.45, 2.75) is 12.2 Å². The minimum Gasteiger partial charge on any atom is -0.306 e. The zero-order chi connectivity index (χ0) is 9.56. The van der Waals surface area contributed by atoms with Crippen LogP contribution in [-0.4, -0.2) is 42.8 Å². The number of nitrogens with zero attached hydrogens (tertiary/aromatic N) is 1. The Morgan fingerprint density at radius 1 is 1.58 bits per heavy atom. The Morgan fingerprint density at radius 3 is 2.58 bits per heavy atom. The topological polar surface area (TPSA) is 20.3 Å². The molecule has 12 heavy (non-hydrogen) atoms. The van der Waals surface area contributed by atoms with Crippen molar-refractivity contribution in [3.8, 4) is 0 Å². The summed E-state index contributed by atoms with van der Waals surface area (Å²) in [6.45, 7) is 2.75. The Balaban J connectivity index is 3.75. The summed E-state index contributed by atoms with van der Waals surface area (Å²) in [5, 5.41) is 0.0865. The summed E-state index contributed by atoms with van der Waals surface area (Å²) in [6.07, 6.45) is 5.51. The molecule has 0 amide bonds. The van der Waals surface area contributed by atoms with Crippen LogP contribution in [0.3, 0.4) is 0 Å². The second kappa shape index (κ2) is 6.26. The van der Waals surface area contributed by atoms with Gasteiger partial charge in [0.05, 0.1) is 5.25 Å². The molecule has 3 heteroatoms. The first-order chi connectivity index (χ1) is 5.57. The zero-order valence-electron chi connectivity index (χ0n) is 8.20. The van der Waals surface area contributed by atoms with Crippen LogP contribution in [0.1, 0.15) is 6.92 Å². The van der Waals surface area contributed by atoms with Gasteiger partial charge in [-0.2, -0.15) is 11.8 Å². The molecule has 0 heterocycles. The monoisotopic (exact) mass is 187 g/mol. The van der Waals surface area contributed by atoms with E-state index in [1.807, 2.05) is 38.3 Å². The molecule has 0 saturated heterocycles. The molecule has 1 atom stereocenters. The van der Waals surface area contributed by atoms with Gasteiger partial charge in [-0.05, 0) is 33.4 Å². The van der Waals surface area contributed by atoms with Crippen LogP contribution in [0.5, 0.6) is 0 Å². The van der Waals surface area contributed by atoms with E-state index in [0.29, 0.717) is 0 Å². The van der Waals surface area contributed by atoms with Gasteiger partial charge >= 0.3 is 0 Å². The van der Waals surface area contributed by atoms with E-state index in [1.165, 1.54) is 0 Å². The van der Waals surface area contributed by atoms with Gasteiger partial charge in [-0.15, -0.1) is 0 Å². The zero-order valence-corrected chi connectivity index (χ0v) is 9.02. The molecule has 0 aromatic rings. The fourth-order valence-electron chi connectivity index (χ4n) is 0.631. The van der Waals surface area contributed by atoms with Gasteiger partial charge in [-0.25, -0.2) is 0 Å². The van der Waals surface area contributed by atoms with Crippen molar-refractivity contribution < 1.29 is 4.79 Å². The van der Waals surface area contributed by atoms with Crippen molar-refractivity contribution in [3.05, 3.63) is 12.2 Å². The maximum Gasteiger partial charge on any atom is 0.168 e. The van der Waals surface area contributed by atoms with Gasteiger partial charge in [0.25, 0.3) is 0 Å². The molecule has 0 aromatic heterocycles. The van der Waals surface area contributed by atoms with Gasteiger partial charge in [-0.1, -0.05) is 6.08 Å². The first kappa shape index (κ1) is 11.7. The molecule has 0 radical (unpaired) electrons. The third-order valence-corrected chi connectivity index (χ3v) is 2.45. The van der Waals surface area contributed by atoms with Crippen molar-refractivity contribution in [1.82, 2.24) is 4.90 Å². The summed E-state index contributed by atoms with van der Waals surface area (Å²) in [4.78, 5) is 13.3. The quantitative estimate of drug-likeness (QED) is 0.607. The van der Waals surface area contributed by atoms with E-state index < -0.39 is 0 Å². The van der Waals surface area contributed by atoms with Crippen LogP contribution in [-0.2, 0) is 4.79 Å². The van der Waals surface area contributed by atoms with Crippen LogP contribution in [0.2, 0.25) is 0 Å². The van der Waals surface area contributed by atoms with Crippen LogP contribution in [0.25, 0.3) is 0 Å². The van der Waals surface area contributed by atoms with Crippen LogP contribution in [0.4, 0.5) is 0 Å². The average Bonchev–Trinajstić information content (AvgIpc) is 2.02. The summed E-state index contributed by atoms with van der Waals surface area (Å²) < 4.78 is 0. The smallest absolute Gasteiger partial charge is 0.168 e. The first-order valence-electron chi connectivity index (χ1n) is 3.96. The molecule has 2 nitrogen and oxygen atoms in total. The van der Waals surface area contributed by atoms with Gasteiger partial charge in [-0.3, -0.25) is 4.79 Å². The number of thioether (sulfide) groups is 1. The van der Waals surface area contributed by atoms with Crippen LogP contribution < -0.4 is 0 Å². The Labute approximate surface area is 79.0 Å². The van der Waals surface area contributed by atoms with Crippen molar-refractivity contribution in [1.29, 1.82) is 0 Å². The van der Waals surface area contributed by atoms with Gasteiger partial charge < -0.3 is 4.90 Å². The number of hydrogen-bond acceptors (Lipinski definition) is 3.